The Bertz CT molecular complexity index is 662. The van der Waals surface area contributed by atoms with Gasteiger partial charge in [-0.1, -0.05) is 32.9 Å². The van der Waals surface area contributed by atoms with Gasteiger partial charge in [0, 0.05) is 11.8 Å². The molecule has 1 aliphatic rings. The molecule has 1 saturated heterocycles. The predicted molar refractivity (Wildman–Crippen MR) is 87.8 cm³/mol. The normalized spacial score (nSPS) is 23.6. The van der Waals surface area contributed by atoms with Crippen LogP contribution in [0.5, 0.6) is 0 Å². The number of hydrogen-bond donors (Lipinski definition) is 2. The van der Waals surface area contributed by atoms with Crippen LogP contribution in [0.3, 0.4) is 0 Å². The molecule has 2 atom stereocenters. The highest BCUT2D eigenvalue weighted by atomic mass is 32.2. The van der Waals surface area contributed by atoms with E-state index in [0.29, 0.717) is 0 Å². The molecule has 7 heteroatoms. The maximum absolute atomic E-state index is 12.7. The van der Waals surface area contributed by atoms with Crippen molar-refractivity contribution in [3.8, 4) is 0 Å². The van der Waals surface area contributed by atoms with Crippen molar-refractivity contribution >= 4 is 28.6 Å². The molecular formula is C15H21NO4S2. The second-order valence-electron chi connectivity index (χ2n) is 6.59. The number of nitrogens with zero attached hydrogens (tertiary/aromatic N) is 1. The topological polar surface area (TPSA) is 74.7 Å². The highest BCUT2D eigenvalue weighted by molar-refractivity contribution is 7.89. The fourth-order valence-corrected chi connectivity index (χ4v) is 4.66. The summed E-state index contributed by atoms with van der Waals surface area (Å²) in [4.78, 5) is 11.4. The standard InChI is InChI=1S/C15H21NO4S2/c1-15(2,3)10-4-6-12(7-5-10)22(19,20)16-9-11(21)8-13(16)14(17)18/h4-7,11,13,21H,8-9H2,1-3H3,(H,17,18). The predicted octanol–water partition coefficient (Wildman–Crippen LogP) is 2.13. The van der Waals surface area contributed by atoms with Gasteiger partial charge in [-0.3, -0.25) is 4.79 Å². The van der Waals surface area contributed by atoms with Crippen molar-refractivity contribution in [1.82, 2.24) is 4.31 Å². The van der Waals surface area contributed by atoms with Crippen LogP contribution in [-0.4, -0.2) is 41.6 Å². The number of thiol groups is 1. The molecule has 0 radical (unpaired) electrons. The van der Waals surface area contributed by atoms with Gasteiger partial charge in [0.15, 0.2) is 0 Å². The van der Waals surface area contributed by atoms with Gasteiger partial charge in [-0.15, -0.1) is 0 Å². The summed E-state index contributed by atoms with van der Waals surface area (Å²) in [6.45, 7) is 6.25. The van der Waals surface area contributed by atoms with Crippen LogP contribution in [0.4, 0.5) is 0 Å². The maximum Gasteiger partial charge on any atom is 0.322 e. The molecule has 122 valence electrons. The molecular weight excluding hydrogens is 322 g/mol. The van der Waals surface area contributed by atoms with E-state index in [1.807, 2.05) is 20.8 Å². The smallest absolute Gasteiger partial charge is 0.322 e. The molecule has 0 aromatic heterocycles. The molecule has 1 fully saturated rings. The van der Waals surface area contributed by atoms with Gasteiger partial charge < -0.3 is 5.11 Å². The number of carboxylic acids is 1. The summed E-state index contributed by atoms with van der Waals surface area (Å²) < 4.78 is 26.4. The van der Waals surface area contributed by atoms with E-state index in [4.69, 9.17) is 0 Å². The molecule has 0 saturated carbocycles. The first kappa shape index (κ1) is 17.3. The Morgan fingerprint density at radius 1 is 1.27 bits per heavy atom. The summed E-state index contributed by atoms with van der Waals surface area (Å²) in [6.07, 6.45) is 0.220. The second-order valence-corrected chi connectivity index (χ2v) is 9.21. The van der Waals surface area contributed by atoms with Crippen molar-refractivity contribution in [3.63, 3.8) is 0 Å². The van der Waals surface area contributed by atoms with Crippen LogP contribution in [0.15, 0.2) is 29.2 Å². The number of carbonyl (C=O) groups is 1. The lowest BCUT2D eigenvalue weighted by Crippen LogP contribution is -2.40. The van der Waals surface area contributed by atoms with E-state index in [-0.39, 0.29) is 28.5 Å². The molecule has 0 bridgehead atoms. The van der Waals surface area contributed by atoms with Gasteiger partial charge in [0.1, 0.15) is 6.04 Å². The Morgan fingerprint density at radius 3 is 2.27 bits per heavy atom. The van der Waals surface area contributed by atoms with Gasteiger partial charge in [-0.05, 0) is 29.5 Å². The average Bonchev–Trinajstić information content (AvgIpc) is 2.81. The average molecular weight is 343 g/mol. The maximum atomic E-state index is 12.7. The molecule has 22 heavy (non-hydrogen) atoms. The SMILES string of the molecule is CC(C)(C)c1ccc(S(=O)(=O)N2CC(S)CC2C(=O)O)cc1. The van der Waals surface area contributed by atoms with Crippen molar-refractivity contribution in [2.24, 2.45) is 0 Å². The number of aliphatic carboxylic acids is 1. The van der Waals surface area contributed by atoms with Crippen LogP contribution in [-0.2, 0) is 20.2 Å². The van der Waals surface area contributed by atoms with Gasteiger partial charge in [0.25, 0.3) is 0 Å². The number of carboxylic acid groups (broad SMARTS) is 1. The Hall–Kier alpha value is -1.05. The molecule has 5 nitrogen and oxygen atoms in total. The molecule has 2 unspecified atom stereocenters. The van der Waals surface area contributed by atoms with Crippen molar-refractivity contribution in [1.29, 1.82) is 0 Å². The monoisotopic (exact) mass is 343 g/mol. The molecule has 1 N–H and O–H groups in total. The first-order valence-electron chi connectivity index (χ1n) is 7.07. The van der Waals surface area contributed by atoms with Gasteiger partial charge >= 0.3 is 5.97 Å². The third kappa shape index (κ3) is 3.31. The summed E-state index contributed by atoms with van der Waals surface area (Å²) in [7, 11) is -3.82. The Balaban J connectivity index is 2.36. The molecule has 1 aromatic rings. The molecule has 1 aliphatic heterocycles. The lowest BCUT2D eigenvalue weighted by atomic mass is 9.87. The first-order chi connectivity index (χ1) is 10.0. The third-order valence-electron chi connectivity index (χ3n) is 3.85. The van der Waals surface area contributed by atoms with Crippen LogP contribution < -0.4 is 0 Å². The number of benzene rings is 1. The number of sulfonamides is 1. The van der Waals surface area contributed by atoms with Crippen LogP contribution in [0.25, 0.3) is 0 Å². The highest BCUT2D eigenvalue weighted by Crippen LogP contribution is 2.30. The van der Waals surface area contributed by atoms with E-state index in [1.165, 1.54) is 0 Å². The highest BCUT2D eigenvalue weighted by Gasteiger charge is 2.43. The van der Waals surface area contributed by atoms with E-state index < -0.39 is 22.0 Å². The zero-order valence-electron chi connectivity index (χ0n) is 12.9. The van der Waals surface area contributed by atoms with Gasteiger partial charge in [-0.2, -0.15) is 16.9 Å². The third-order valence-corrected chi connectivity index (χ3v) is 6.11. The molecule has 2 rings (SSSR count). The zero-order chi connectivity index (χ0) is 16.7. The summed E-state index contributed by atoms with van der Waals surface area (Å²) >= 11 is 4.23. The van der Waals surface area contributed by atoms with Crippen LogP contribution in [0.2, 0.25) is 0 Å². The lowest BCUT2D eigenvalue weighted by molar-refractivity contribution is -0.140. The van der Waals surface area contributed by atoms with E-state index in [1.54, 1.807) is 24.3 Å². The fourth-order valence-electron chi connectivity index (χ4n) is 2.54. The van der Waals surface area contributed by atoms with E-state index in [2.05, 4.69) is 12.6 Å². The van der Waals surface area contributed by atoms with Crippen molar-refractivity contribution in [2.75, 3.05) is 6.54 Å². The van der Waals surface area contributed by atoms with Crippen LogP contribution in [0.1, 0.15) is 32.8 Å². The molecule has 0 spiro atoms. The minimum atomic E-state index is -3.82. The lowest BCUT2D eigenvalue weighted by Gasteiger charge is -2.22. The Kier molecular flexibility index (Phi) is 4.61. The quantitative estimate of drug-likeness (QED) is 0.825. The summed E-state index contributed by atoms with van der Waals surface area (Å²) in [5.41, 5.74) is 0.949. The fraction of sp³-hybridized carbons (Fsp3) is 0.533. The Labute approximate surface area is 136 Å². The molecule has 0 amide bonds. The summed E-state index contributed by atoms with van der Waals surface area (Å²) in [6, 6.07) is 5.59. The molecule has 0 aliphatic carbocycles. The van der Waals surface area contributed by atoms with Crippen LogP contribution in [0, 0.1) is 0 Å². The van der Waals surface area contributed by atoms with Gasteiger partial charge in [-0.25, -0.2) is 8.42 Å². The van der Waals surface area contributed by atoms with Crippen molar-refractivity contribution < 1.29 is 18.3 Å². The number of hydrogen-bond acceptors (Lipinski definition) is 4. The first-order valence-corrected chi connectivity index (χ1v) is 9.02. The molecule has 1 heterocycles. The second kappa shape index (κ2) is 5.86. The van der Waals surface area contributed by atoms with E-state index in [9.17, 15) is 18.3 Å². The van der Waals surface area contributed by atoms with Gasteiger partial charge in [0.2, 0.25) is 10.0 Å². The number of rotatable bonds is 3. The van der Waals surface area contributed by atoms with E-state index >= 15 is 0 Å². The zero-order valence-corrected chi connectivity index (χ0v) is 14.6. The molecule has 1 aromatic carbocycles. The van der Waals surface area contributed by atoms with Crippen molar-refractivity contribution in [3.05, 3.63) is 29.8 Å². The minimum Gasteiger partial charge on any atom is -0.480 e. The largest absolute Gasteiger partial charge is 0.480 e. The van der Waals surface area contributed by atoms with Crippen LogP contribution >= 0.6 is 12.6 Å². The minimum absolute atomic E-state index is 0.0737. The van der Waals surface area contributed by atoms with Gasteiger partial charge in [0.05, 0.1) is 4.90 Å². The van der Waals surface area contributed by atoms with Crippen molar-refractivity contribution in [2.45, 2.75) is 48.8 Å². The Morgan fingerprint density at radius 2 is 1.82 bits per heavy atom. The summed E-state index contributed by atoms with van der Waals surface area (Å²) in [5, 5.41) is 8.96. The summed E-state index contributed by atoms with van der Waals surface area (Å²) in [5.74, 6) is -1.13. The van der Waals surface area contributed by atoms with E-state index in [0.717, 1.165) is 9.87 Å².